The third-order valence-corrected chi connectivity index (χ3v) is 8.26. The number of thiazole rings is 1. The number of carbonyl (C=O) groups excluding carboxylic acids is 1. The highest BCUT2D eigenvalue weighted by molar-refractivity contribution is 7.13. The highest BCUT2D eigenvalue weighted by Crippen LogP contribution is 2.34. The molecule has 1 fully saturated rings. The molecule has 35 heavy (non-hydrogen) atoms. The van der Waals surface area contributed by atoms with Crippen LogP contribution in [0.2, 0.25) is 0 Å². The van der Waals surface area contributed by atoms with E-state index in [1.807, 2.05) is 13.2 Å². The van der Waals surface area contributed by atoms with Gasteiger partial charge in [-0.05, 0) is 49.6 Å². The molecule has 0 N–H and O–H groups in total. The second kappa shape index (κ2) is 11.9. The molecule has 0 unspecified atom stereocenters. The summed E-state index contributed by atoms with van der Waals surface area (Å²) < 4.78 is 43.9. The van der Waals surface area contributed by atoms with Crippen molar-refractivity contribution in [2.24, 2.45) is 18.9 Å². The zero-order valence-corrected chi connectivity index (χ0v) is 21.2. The number of ketones is 1. The molecule has 1 aliphatic carbocycles. The molecule has 0 saturated heterocycles. The number of alkyl halides is 3. The monoisotopic (exact) mass is 512 g/mol. The fourth-order valence-electron chi connectivity index (χ4n) is 5.20. The molecule has 0 aromatic carbocycles. The zero-order chi connectivity index (χ0) is 24.8. The molecule has 2 aromatic rings. The summed E-state index contributed by atoms with van der Waals surface area (Å²) in [7, 11) is 1.87. The van der Waals surface area contributed by atoms with Gasteiger partial charge in [0.15, 0.2) is 0 Å². The van der Waals surface area contributed by atoms with Gasteiger partial charge in [0.1, 0.15) is 5.78 Å². The van der Waals surface area contributed by atoms with E-state index in [1.54, 1.807) is 10.9 Å². The van der Waals surface area contributed by atoms with Gasteiger partial charge in [-0.3, -0.25) is 9.48 Å². The first-order valence-corrected chi connectivity index (χ1v) is 13.4. The van der Waals surface area contributed by atoms with Crippen LogP contribution in [0.15, 0.2) is 12.4 Å². The van der Waals surface area contributed by atoms with E-state index in [9.17, 15) is 18.0 Å². The van der Waals surface area contributed by atoms with Crippen LogP contribution >= 0.6 is 11.3 Å². The molecule has 194 valence electrons. The molecule has 10 heteroatoms. The van der Waals surface area contributed by atoms with Crippen molar-refractivity contribution in [3.8, 4) is 5.19 Å². The topological polar surface area (TPSA) is 60.2 Å². The maximum Gasteiger partial charge on any atom is 0.392 e. The van der Waals surface area contributed by atoms with Crippen molar-refractivity contribution in [2.75, 3.05) is 26.2 Å². The lowest BCUT2D eigenvalue weighted by Gasteiger charge is -2.30. The van der Waals surface area contributed by atoms with E-state index >= 15 is 0 Å². The van der Waals surface area contributed by atoms with Gasteiger partial charge in [-0.25, -0.2) is 4.98 Å². The Labute approximate surface area is 208 Å². The molecule has 1 saturated carbocycles. The minimum absolute atomic E-state index is 0.320. The number of hydrogen-bond acceptors (Lipinski definition) is 6. The number of aromatic nitrogens is 3. The van der Waals surface area contributed by atoms with Gasteiger partial charge in [-0.2, -0.15) is 18.3 Å². The average Bonchev–Trinajstić information content (AvgIpc) is 3.33. The Balaban J connectivity index is 1.12. The highest BCUT2D eigenvalue weighted by Gasteiger charge is 2.28. The summed E-state index contributed by atoms with van der Waals surface area (Å²) in [6.45, 7) is 2.58. The van der Waals surface area contributed by atoms with Crippen LogP contribution in [-0.2, 0) is 31.1 Å². The van der Waals surface area contributed by atoms with Crippen molar-refractivity contribution >= 4 is 17.1 Å². The van der Waals surface area contributed by atoms with Crippen LogP contribution in [0.1, 0.15) is 61.1 Å². The number of fused-ring (bicyclic) bond motifs is 1. The second-order valence-corrected chi connectivity index (χ2v) is 11.1. The molecular weight excluding hydrogens is 477 g/mol. The van der Waals surface area contributed by atoms with Gasteiger partial charge in [0.2, 0.25) is 0 Å². The maximum atomic E-state index is 12.4. The molecule has 0 amide bonds. The molecule has 0 spiro atoms. The van der Waals surface area contributed by atoms with Gasteiger partial charge in [-0.1, -0.05) is 24.2 Å². The van der Waals surface area contributed by atoms with Crippen LogP contribution in [0.4, 0.5) is 13.2 Å². The number of ether oxygens (including phenoxy) is 1. The third-order valence-electron chi connectivity index (χ3n) is 7.19. The van der Waals surface area contributed by atoms with Crippen molar-refractivity contribution in [3.05, 3.63) is 28.5 Å². The van der Waals surface area contributed by atoms with E-state index in [0.717, 1.165) is 67.4 Å². The summed E-state index contributed by atoms with van der Waals surface area (Å²) in [5.41, 5.74) is 1.98. The van der Waals surface area contributed by atoms with E-state index < -0.39 is 12.6 Å². The predicted molar refractivity (Wildman–Crippen MR) is 129 cm³/mol. The van der Waals surface area contributed by atoms with Crippen molar-refractivity contribution in [3.63, 3.8) is 0 Å². The quantitative estimate of drug-likeness (QED) is 0.448. The van der Waals surface area contributed by atoms with Crippen molar-refractivity contribution in [1.29, 1.82) is 0 Å². The summed E-state index contributed by atoms with van der Waals surface area (Å²) in [4.78, 5) is 20.5. The van der Waals surface area contributed by atoms with Crippen molar-refractivity contribution < 1.29 is 22.7 Å². The number of halogens is 3. The molecule has 0 bridgehead atoms. The molecule has 0 atom stereocenters. The summed E-state index contributed by atoms with van der Waals surface area (Å²) in [6, 6.07) is 0. The van der Waals surface area contributed by atoms with Crippen LogP contribution in [0.25, 0.3) is 0 Å². The smallest absolute Gasteiger partial charge is 0.392 e. The van der Waals surface area contributed by atoms with Crippen molar-refractivity contribution in [1.82, 2.24) is 19.7 Å². The lowest BCUT2D eigenvalue weighted by atomic mass is 9.78. The Morgan fingerprint density at radius 3 is 2.63 bits per heavy atom. The van der Waals surface area contributed by atoms with Crippen LogP contribution < -0.4 is 4.74 Å². The Morgan fingerprint density at radius 2 is 1.91 bits per heavy atom. The number of hydrogen-bond donors (Lipinski definition) is 0. The first kappa shape index (κ1) is 26.1. The van der Waals surface area contributed by atoms with Gasteiger partial charge in [0.25, 0.3) is 5.19 Å². The average molecular weight is 513 g/mol. The van der Waals surface area contributed by atoms with Crippen LogP contribution in [0.3, 0.4) is 0 Å². The lowest BCUT2D eigenvalue weighted by Crippen LogP contribution is -2.30. The van der Waals surface area contributed by atoms with Gasteiger partial charge >= 0.3 is 6.18 Å². The number of rotatable bonds is 10. The minimum Gasteiger partial charge on any atom is -0.470 e. The number of Topliss-reactive ketones (excluding diaryl/α,β-unsaturated/α-hetero) is 1. The molecule has 4 rings (SSSR count). The highest BCUT2D eigenvalue weighted by atomic mass is 32.1. The Bertz CT molecular complexity index is 941. The summed E-state index contributed by atoms with van der Waals surface area (Å²) >= 11 is 1.39. The Morgan fingerprint density at radius 1 is 1.17 bits per heavy atom. The summed E-state index contributed by atoms with van der Waals surface area (Å²) in [5.74, 6) is 1.56. The third kappa shape index (κ3) is 8.31. The fraction of sp³-hybridized carbons (Fsp3) is 0.720. The van der Waals surface area contributed by atoms with Gasteiger partial charge in [-0.15, -0.1) is 0 Å². The summed E-state index contributed by atoms with van der Waals surface area (Å²) in [6.07, 6.45) is 7.28. The molecule has 3 heterocycles. The van der Waals surface area contributed by atoms with E-state index in [2.05, 4.69) is 15.0 Å². The van der Waals surface area contributed by atoms with Gasteiger partial charge < -0.3 is 9.64 Å². The largest absolute Gasteiger partial charge is 0.470 e. The molecule has 1 aliphatic heterocycles. The SMILES string of the molecule is Cn1cc(CC(=O)CC2CCC(CCN3CCc4nc(OCCC(F)(F)F)sc4CC3)CC2)cn1. The molecule has 0 radical (unpaired) electrons. The molecule has 2 aromatic heterocycles. The number of carbonyl (C=O) groups is 1. The van der Waals surface area contributed by atoms with Crippen LogP contribution in [0, 0.1) is 11.8 Å². The van der Waals surface area contributed by atoms with E-state index in [0.29, 0.717) is 29.7 Å². The second-order valence-electron chi connectivity index (χ2n) is 10.0. The van der Waals surface area contributed by atoms with Gasteiger partial charge in [0.05, 0.1) is 24.9 Å². The number of aryl methyl sites for hydroxylation is 1. The van der Waals surface area contributed by atoms with Crippen molar-refractivity contribution in [2.45, 2.75) is 70.4 Å². The standard InChI is InChI=1S/C25H35F3N4O2S/c1-31-17-20(16-29-31)15-21(33)14-19-4-2-18(3-5-19)6-10-32-11-7-22-23(8-12-32)35-24(30-22)34-13-9-25(26,27)28/h16-19H,2-15H2,1H3. The fourth-order valence-corrected chi connectivity index (χ4v) is 6.17. The summed E-state index contributed by atoms with van der Waals surface area (Å²) in [5, 5.41) is 4.50. The lowest BCUT2D eigenvalue weighted by molar-refractivity contribution is -0.139. The first-order chi connectivity index (χ1) is 16.7. The van der Waals surface area contributed by atoms with Gasteiger partial charge in [0, 0.05) is 50.5 Å². The predicted octanol–water partition coefficient (Wildman–Crippen LogP) is 5.01. The normalized spacial score (nSPS) is 21.5. The van der Waals surface area contributed by atoms with Crippen LogP contribution in [0.5, 0.6) is 5.19 Å². The molecule has 2 aliphatic rings. The molecular formula is C25H35F3N4O2S. The Kier molecular flexibility index (Phi) is 8.86. The Hall–Kier alpha value is -1.94. The first-order valence-electron chi connectivity index (χ1n) is 12.6. The van der Waals surface area contributed by atoms with E-state index in [-0.39, 0.29) is 6.61 Å². The van der Waals surface area contributed by atoms with Crippen LogP contribution in [-0.4, -0.2) is 57.9 Å². The van der Waals surface area contributed by atoms with E-state index in [4.69, 9.17) is 4.74 Å². The maximum absolute atomic E-state index is 12.4. The minimum atomic E-state index is -4.20. The zero-order valence-electron chi connectivity index (χ0n) is 20.4. The van der Waals surface area contributed by atoms with E-state index in [1.165, 1.54) is 30.6 Å². The molecule has 6 nitrogen and oxygen atoms in total. The number of nitrogens with zero attached hydrogens (tertiary/aromatic N) is 4.